The second-order valence-electron chi connectivity index (χ2n) is 4.84. The average Bonchev–Trinajstić information content (AvgIpc) is 3.18. The zero-order valence-corrected chi connectivity index (χ0v) is 14.9. The van der Waals surface area contributed by atoms with Gasteiger partial charge in [-0.05, 0) is 31.2 Å². The lowest BCUT2D eigenvalue weighted by Gasteiger charge is -2.10. The molecule has 0 radical (unpaired) electrons. The summed E-state index contributed by atoms with van der Waals surface area (Å²) in [5.74, 6) is 0.895. The summed E-state index contributed by atoms with van der Waals surface area (Å²) in [4.78, 5) is 11.8. The van der Waals surface area contributed by atoms with Crippen LogP contribution in [0.5, 0.6) is 0 Å². The molecule has 6 heteroatoms. The highest BCUT2D eigenvalue weighted by Gasteiger charge is 2.01. The molecule has 2 aromatic rings. The van der Waals surface area contributed by atoms with Crippen LogP contribution in [0.4, 0.5) is 0 Å². The monoisotopic (exact) mass is 336 g/mol. The first kappa shape index (κ1) is 17.0. The smallest absolute Gasteiger partial charge is 0.191 e. The van der Waals surface area contributed by atoms with Gasteiger partial charge in [-0.15, -0.1) is 22.7 Å². The quantitative estimate of drug-likeness (QED) is 0.575. The van der Waals surface area contributed by atoms with E-state index < -0.39 is 0 Å². The van der Waals surface area contributed by atoms with E-state index in [1.54, 1.807) is 22.7 Å². The van der Waals surface area contributed by atoms with Crippen LogP contribution in [-0.4, -0.2) is 30.6 Å². The van der Waals surface area contributed by atoms with Crippen LogP contribution in [0.15, 0.2) is 28.7 Å². The van der Waals surface area contributed by atoms with Gasteiger partial charge >= 0.3 is 0 Å². The van der Waals surface area contributed by atoms with Gasteiger partial charge in [0, 0.05) is 42.0 Å². The third-order valence-electron chi connectivity index (χ3n) is 3.13. The van der Waals surface area contributed by atoms with E-state index in [-0.39, 0.29) is 0 Å². The second-order valence-corrected chi connectivity index (χ2v) is 7.07. The van der Waals surface area contributed by atoms with Gasteiger partial charge in [-0.3, -0.25) is 4.99 Å². The van der Waals surface area contributed by atoms with Gasteiger partial charge in [0.1, 0.15) is 0 Å². The third kappa shape index (κ3) is 5.77. The van der Waals surface area contributed by atoms with Gasteiger partial charge < -0.3 is 10.6 Å². The number of aliphatic imine (C=N–C) groups is 1. The first-order valence-corrected chi connectivity index (χ1v) is 9.49. The van der Waals surface area contributed by atoms with E-state index in [4.69, 9.17) is 0 Å². The number of aromatic nitrogens is 1. The molecule has 0 saturated carbocycles. The van der Waals surface area contributed by atoms with Crippen molar-refractivity contribution in [1.29, 1.82) is 0 Å². The maximum atomic E-state index is 4.63. The zero-order valence-electron chi connectivity index (χ0n) is 13.3. The highest BCUT2D eigenvalue weighted by atomic mass is 32.1. The van der Waals surface area contributed by atoms with Crippen molar-refractivity contribution >= 4 is 28.6 Å². The van der Waals surface area contributed by atoms with Crippen LogP contribution >= 0.6 is 22.7 Å². The van der Waals surface area contributed by atoms with Crippen molar-refractivity contribution in [3.63, 3.8) is 0 Å². The minimum Gasteiger partial charge on any atom is -0.357 e. The van der Waals surface area contributed by atoms with Crippen LogP contribution in [0.25, 0.3) is 0 Å². The predicted octanol–water partition coefficient (Wildman–Crippen LogP) is 3.11. The molecule has 0 aliphatic heterocycles. The maximum absolute atomic E-state index is 4.63. The highest BCUT2D eigenvalue weighted by molar-refractivity contribution is 7.11. The van der Waals surface area contributed by atoms with E-state index >= 15 is 0 Å². The lowest BCUT2D eigenvalue weighted by atomic mass is 10.3. The fourth-order valence-corrected chi connectivity index (χ4v) is 3.55. The highest BCUT2D eigenvalue weighted by Crippen LogP contribution is 2.13. The fourth-order valence-electron chi connectivity index (χ4n) is 1.99. The minimum absolute atomic E-state index is 0.769. The number of aryl methyl sites for hydroxylation is 1. The maximum Gasteiger partial charge on any atom is 0.191 e. The summed E-state index contributed by atoms with van der Waals surface area (Å²) in [5, 5.41) is 9.98. The Morgan fingerprint density at radius 1 is 1.23 bits per heavy atom. The molecule has 2 aromatic heterocycles. The number of thiazole rings is 1. The molecular formula is C16H24N4S2. The van der Waals surface area contributed by atoms with Gasteiger partial charge in [0.05, 0.1) is 5.01 Å². The number of rotatable bonds is 8. The number of hydrogen-bond donors (Lipinski definition) is 2. The Balaban J connectivity index is 1.76. The SMILES string of the molecule is CCNC(=NCCc1ncc(CC)s1)NCCc1cccs1. The lowest BCUT2D eigenvalue weighted by molar-refractivity contribution is 0.801. The van der Waals surface area contributed by atoms with Crippen molar-refractivity contribution in [3.8, 4) is 0 Å². The second kappa shape index (κ2) is 9.58. The first-order chi connectivity index (χ1) is 10.8. The Labute approximate surface area is 140 Å². The third-order valence-corrected chi connectivity index (χ3v) is 5.27. The summed E-state index contributed by atoms with van der Waals surface area (Å²) in [6.07, 6.45) is 4.99. The molecular weight excluding hydrogens is 312 g/mol. The van der Waals surface area contributed by atoms with Crippen molar-refractivity contribution in [2.75, 3.05) is 19.6 Å². The molecule has 0 aromatic carbocycles. The molecule has 0 aliphatic carbocycles. The molecule has 0 fully saturated rings. The topological polar surface area (TPSA) is 49.3 Å². The van der Waals surface area contributed by atoms with Crippen LogP contribution < -0.4 is 10.6 Å². The summed E-state index contributed by atoms with van der Waals surface area (Å²) < 4.78 is 0. The minimum atomic E-state index is 0.769. The molecule has 2 N–H and O–H groups in total. The summed E-state index contributed by atoms with van der Waals surface area (Å²) in [6, 6.07) is 4.27. The molecule has 0 spiro atoms. The molecule has 0 saturated heterocycles. The van der Waals surface area contributed by atoms with E-state index in [1.807, 2.05) is 6.20 Å². The largest absolute Gasteiger partial charge is 0.357 e. The Morgan fingerprint density at radius 2 is 2.14 bits per heavy atom. The number of nitrogens with zero attached hydrogens (tertiary/aromatic N) is 2. The first-order valence-electron chi connectivity index (χ1n) is 7.80. The van der Waals surface area contributed by atoms with E-state index in [1.165, 1.54) is 14.8 Å². The van der Waals surface area contributed by atoms with Crippen LogP contribution in [0.3, 0.4) is 0 Å². The predicted molar refractivity (Wildman–Crippen MR) is 97.2 cm³/mol. The van der Waals surface area contributed by atoms with Crippen LogP contribution in [-0.2, 0) is 19.3 Å². The summed E-state index contributed by atoms with van der Waals surface area (Å²) >= 11 is 3.59. The van der Waals surface area contributed by atoms with E-state index in [0.717, 1.165) is 44.9 Å². The standard InChI is InChI=1S/C16H24N4S2/c1-3-13-12-20-15(22-13)8-10-19-16(17-4-2)18-9-7-14-6-5-11-21-14/h5-6,11-12H,3-4,7-10H2,1-2H3,(H2,17,18,19). The van der Waals surface area contributed by atoms with E-state index in [2.05, 4.69) is 52.0 Å². The molecule has 4 nitrogen and oxygen atoms in total. The molecule has 0 bridgehead atoms. The van der Waals surface area contributed by atoms with E-state index in [0.29, 0.717) is 0 Å². The fraction of sp³-hybridized carbons (Fsp3) is 0.500. The molecule has 0 unspecified atom stereocenters. The van der Waals surface area contributed by atoms with Gasteiger partial charge in [0.25, 0.3) is 0 Å². The average molecular weight is 337 g/mol. The molecule has 22 heavy (non-hydrogen) atoms. The summed E-state index contributed by atoms with van der Waals surface area (Å²) in [6.45, 7) is 6.80. The Morgan fingerprint density at radius 3 is 2.82 bits per heavy atom. The van der Waals surface area contributed by atoms with Crippen LogP contribution in [0.1, 0.15) is 28.6 Å². The van der Waals surface area contributed by atoms with Crippen molar-refractivity contribution in [3.05, 3.63) is 38.5 Å². The normalized spacial score (nSPS) is 11.6. The van der Waals surface area contributed by atoms with Gasteiger partial charge in [0.15, 0.2) is 5.96 Å². The number of guanidine groups is 1. The van der Waals surface area contributed by atoms with Crippen LogP contribution in [0.2, 0.25) is 0 Å². The number of nitrogens with one attached hydrogen (secondary N) is 2. The lowest BCUT2D eigenvalue weighted by Crippen LogP contribution is -2.38. The molecule has 0 amide bonds. The Hall–Kier alpha value is -1.40. The van der Waals surface area contributed by atoms with Crippen LogP contribution in [0, 0.1) is 0 Å². The van der Waals surface area contributed by atoms with Crippen molar-refractivity contribution in [1.82, 2.24) is 15.6 Å². The Kier molecular flexibility index (Phi) is 7.39. The molecule has 2 rings (SSSR count). The molecule has 2 heterocycles. The van der Waals surface area contributed by atoms with Gasteiger partial charge in [-0.2, -0.15) is 0 Å². The van der Waals surface area contributed by atoms with E-state index in [9.17, 15) is 0 Å². The van der Waals surface area contributed by atoms with Crippen molar-refractivity contribution < 1.29 is 0 Å². The van der Waals surface area contributed by atoms with Gasteiger partial charge in [-0.1, -0.05) is 13.0 Å². The molecule has 120 valence electrons. The van der Waals surface area contributed by atoms with Crippen molar-refractivity contribution in [2.24, 2.45) is 4.99 Å². The summed E-state index contributed by atoms with van der Waals surface area (Å²) in [5.41, 5.74) is 0. The number of thiophene rings is 1. The molecule has 0 atom stereocenters. The number of hydrogen-bond acceptors (Lipinski definition) is 4. The molecule has 0 aliphatic rings. The van der Waals surface area contributed by atoms with Crippen molar-refractivity contribution in [2.45, 2.75) is 33.1 Å². The zero-order chi connectivity index (χ0) is 15.6. The Bertz CT molecular complexity index is 560. The van der Waals surface area contributed by atoms with Gasteiger partial charge in [-0.25, -0.2) is 4.98 Å². The van der Waals surface area contributed by atoms with Gasteiger partial charge in [0.2, 0.25) is 0 Å². The summed E-state index contributed by atoms with van der Waals surface area (Å²) in [7, 11) is 0.